The van der Waals surface area contributed by atoms with Crippen LogP contribution in [0.5, 0.6) is 0 Å². The van der Waals surface area contributed by atoms with E-state index in [9.17, 15) is 19.8 Å². The van der Waals surface area contributed by atoms with E-state index in [1.54, 1.807) is 0 Å². The van der Waals surface area contributed by atoms with Crippen LogP contribution >= 0.6 is 23.2 Å². The van der Waals surface area contributed by atoms with E-state index in [0.29, 0.717) is 25.7 Å². The average molecular weight is 293 g/mol. The fraction of sp³-hybridized carbons (Fsp3) is 0.833. The molecule has 4 aliphatic rings. The summed E-state index contributed by atoms with van der Waals surface area (Å²) in [5, 5.41) is 19.1. The van der Waals surface area contributed by atoms with Gasteiger partial charge in [-0.1, -0.05) is 23.2 Å². The molecule has 0 aromatic rings. The van der Waals surface area contributed by atoms with Crippen LogP contribution in [0.3, 0.4) is 0 Å². The van der Waals surface area contributed by atoms with Crippen LogP contribution in [-0.2, 0) is 9.59 Å². The van der Waals surface area contributed by atoms with Crippen LogP contribution in [0.4, 0.5) is 0 Å². The fourth-order valence-corrected chi connectivity index (χ4v) is 5.62. The molecule has 0 radical (unpaired) electrons. The summed E-state index contributed by atoms with van der Waals surface area (Å²) >= 11 is 12.7. The highest BCUT2D eigenvalue weighted by molar-refractivity contribution is 6.51. The fourth-order valence-electron chi connectivity index (χ4n) is 4.68. The number of rotatable bonds is 2. The highest BCUT2D eigenvalue weighted by Gasteiger charge is 2.77. The summed E-state index contributed by atoms with van der Waals surface area (Å²) in [7, 11) is 0. The van der Waals surface area contributed by atoms with Gasteiger partial charge in [0, 0.05) is 0 Å². The van der Waals surface area contributed by atoms with E-state index in [4.69, 9.17) is 23.2 Å². The Kier molecular flexibility index (Phi) is 2.33. The molecule has 4 nitrogen and oxygen atoms in total. The van der Waals surface area contributed by atoms with Gasteiger partial charge in [-0.2, -0.15) is 0 Å². The predicted molar refractivity (Wildman–Crippen MR) is 64.6 cm³/mol. The van der Waals surface area contributed by atoms with Gasteiger partial charge in [-0.3, -0.25) is 9.59 Å². The first-order valence-electron chi connectivity index (χ1n) is 6.10. The number of hydrogen-bond donors (Lipinski definition) is 2. The largest absolute Gasteiger partial charge is 0.481 e. The number of carboxylic acids is 2. The van der Waals surface area contributed by atoms with Gasteiger partial charge in [-0.05, 0) is 43.9 Å². The first-order chi connectivity index (χ1) is 8.25. The van der Waals surface area contributed by atoms with Gasteiger partial charge in [-0.25, -0.2) is 0 Å². The van der Waals surface area contributed by atoms with Crippen molar-refractivity contribution in [2.24, 2.45) is 22.7 Å². The van der Waals surface area contributed by atoms with Crippen molar-refractivity contribution >= 4 is 35.1 Å². The van der Waals surface area contributed by atoms with Crippen LogP contribution in [0.1, 0.15) is 32.1 Å². The van der Waals surface area contributed by atoms with Gasteiger partial charge in [-0.15, -0.1) is 0 Å². The van der Waals surface area contributed by atoms with Crippen LogP contribution in [-0.4, -0.2) is 26.5 Å². The monoisotopic (exact) mass is 292 g/mol. The molecular formula is C12H14Cl2O4. The molecule has 0 aliphatic heterocycles. The van der Waals surface area contributed by atoms with Crippen LogP contribution in [0.25, 0.3) is 0 Å². The van der Waals surface area contributed by atoms with Crippen molar-refractivity contribution in [3.05, 3.63) is 0 Å². The van der Waals surface area contributed by atoms with E-state index < -0.39 is 27.1 Å². The van der Waals surface area contributed by atoms with Gasteiger partial charge in [0.15, 0.2) is 0 Å². The number of hydrogen-bond acceptors (Lipinski definition) is 2. The quantitative estimate of drug-likeness (QED) is 0.767. The number of halogens is 2. The van der Waals surface area contributed by atoms with Gasteiger partial charge >= 0.3 is 11.9 Å². The maximum absolute atomic E-state index is 11.7. The molecular weight excluding hydrogens is 279 g/mol. The van der Waals surface area contributed by atoms with E-state index in [0.717, 1.165) is 6.42 Å². The van der Waals surface area contributed by atoms with Gasteiger partial charge < -0.3 is 10.2 Å². The van der Waals surface area contributed by atoms with Crippen LogP contribution in [0, 0.1) is 22.7 Å². The molecule has 0 unspecified atom stereocenters. The van der Waals surface area contributed by atoms with Crippen molar-refractivity contribution in [2.45, 2.75) is 36.4 Å². The Balaban J connectivity index is 2.20. The number of alkyl halides is 2. The van der Waals surface area contributed by atoms with Crippen LogP contribution < -0.4 is 0 Å². The summed E-state index contributed by atoms with van der Waals surface area (Å²) in [5.41, 5.74) is -2.59. The Bertz CT molecular complexity index is 395. The Morgan fingerprint density at radius 2 is 1.22 bits per heavy atom. The molecule has 0 saturated heterocycles. The number of aliphatic carboxylic acids is 2. The first kappa shape index (κ1) is 12.5. The molecule has 100 valence electrons. The van der Waals surface area contributed by atoms with Crippen molar-refractivity contribution in [2.75, 3.05) is 0 Å². The third-order valence-corrected chi connectivity index (χ3v) is 6.68. The lowest BCUT2D eigenvalue weighted by molar-refractivity contribution is -0.190. The Morgan fingerprint density at radius 3 is 1.50 bits per heavy atom. The minimum Gasteiger partial charge on any atom is -0.481 e. The van der Waals surface area contributed by atoms with Crippen LogP contribution in [0.15, 0.2) is 0 Å². The SMILES string of the molecule is O=C(O)C12CC3CC(C1)CC(C(=O)O)(C3)C2(Cl)Cl. The van der Waals surface area contributed by atoms with E-state index in [1.165, 1.54) is 0 Å². The molecule has 2 N–H and O–H groups in total. The topological polar surface area (TPSA) is 74.6 Å². The second kappa shape index (κ2) is 3.34. The van der Waals surface area contributed by atoms with Crippen molar-refractivity contribution in [1.82, 2.24) is 0 Å². The Labute approximate surface area is 114 Å². The molecule has 0 amide bonds. The van der Waals surface area contributed by atoms with Crippen molar-refractivity contribution in [1.29, 1.82) is 0 Å². The minimum absolute atomic E-state index is 0.121. The summed E-state index contributed by atoms with van der Waals surface area (Å²) in [5.74, 6) is -1.86. The third-order valence-electron chi connectivity index (χ3n) is 5.24. The molecule has 0 spiro atoms. The van der Waals surface area contributed by atoms with Crippen molar-refractivity contribution < 1.29 is 19.8 Å². The lowest BCUT2D eigenvalue weighted by Gasteiger charge is -2.64. The molecule has 0 aromatic carbocycles. The molecule has 0 heterocycles. The minimum atomic E-state index is -1.72. The van der Waals surface area contributed by atoms with Crippen LogP contribution in [0.2, 0.25) is 0 Å². The van der Waals surface area contributed by atoms with E-state index >= 15 is 0 Å². The Morgan fingerprint density at radius 1 is 0.889 bits per heavy atom. The lowest BCUT2D eigenvalue weighted by Crippen LogP contribution is -2.69. The van der Waals surface area contributed by atoms with Crippen molar-refractivity contribution in [3.8, 4) is 0 Å². The lowest BCUT2D eigenvalue weighted by atomic mass is 9.43. The molecule has 18 heavy (non-hydrogen) atoms. The molecule has 0 aromatic heterocycles. The average Bonchev–Trinajstić information content (AvgIpc) is 2.24. The second-order valence-corrected chi connectivity index (χ2v) is 7.46. The predicted octanol–water partition coefficient (Wildman–Crippen LogP) is 2.53. The summed E-state index contributed by atoms with van der Waals surface area (Å²) in [6.07, 6.45) is 2.53. The number of carbonyl (C=O) groups is 2. The summed E-state index contributed by atoms with van der Waals surface area (Å²) in [6, 6.07) is 0. The highest BCUT2D eigenvalue weighted by atomic mass is 35.5. The third kappa shape index (κ3) is 1.14. The molecule has 6 heteroatoms. The van der Waals surface area contributed by atoms with Gasteiger partial charge in [0.05, 0.1) is 0 Å². The summed E-state index contributed by atoms with van der Waals surface area (Å²) < 4.78 is -1.72. The maximum Gasteiger partial charge on any atom is 0.312 e. The molecule has 4 aliphatic carbocycles. The van der Waals surface area contributed by atoms with E-state index in [2.05, 4.69) is 0 Å². The van der Waals surface area contributed by atoms with E-state index in [-0.39, 0.29) is 11.8 Å². The zero-order valence-corrected chi connectivity index (χ0v) is 11.2. The summed E-state index contributed by atoms with van der Waals surface area (Å²) in [6.45, 7) is 0. The van der Waals surface area contributed by atoms with Gasteiger partial charge in [0.1, 0.15) is 15.2 Å². The highest BCUT2D eigenvalue weighted by Crippen LogP contribution is 2.73. The molecule has 0 atom stereocenters. The Hall–Kier alpha value is -0.480. The van der Waals surface area contributed by atoms with Crippen molar-refractivity contribution in [3.63, 3.8) is 0 Å². The zero-order chi connectivity index (χ0) is 13.3. The zero-order valence-electron chi connectivity index (χ0n) is 9.66. The smallest absolute Gasteiger partial charge is 0.312 e. The maximum atomic E-state index is 11.7. The standard InChI is InChI=1S/C12H14Cl2O4/c13-12(14)10(8(15)16)2-6-1-7(4-10)5-11(12,3-6)9(17)18/h6-7H,1-5H2,(H,15,16)(H,17,18). The molecule has 4 saturated carbocycles. The normalized spacial score (nSPS) is 48.1. The second-order valence-electron chi connectivity index (χ2n) is 6.13. The number of carboxylic acid groups (broad SMARTS) is 2. The summed E-state index contributed by atoms with van der Waals surface area (Å²) in [4.78, 5) is 23.3. The molecule has 4 fully saturated rings. The molecule has 4 bridgehead atoms. The molecule has 4 rings (SSSR count). The van der Waals surface area contributed by atoms with E-state index in [1.807, 2.05) is 0 Å². The van der Waals surface area contributed by atoms with Gasteiger partial charge in [0.2, 0.25) is 0 Å². The van der Waals surface area contributed by atoms with Gasteiger partial charge in [0.25, 0.3) is 0 Å². The first-order valence-corrected chi connectivity index (χ1v) is 6.85.